The molecule has 1 aliphatic heterocycles. The molecule has 1 amide bonds. The summed E-state index contributed by atoms with van der Waals surface area (Å²) in [7, 11) is 1.60. The number of hydrogen-bond acceptors (Lipinski definition) is 4. The standard InChI is InChI=1S/C25H26F3N3O3/c1-15-12-19(25(26,27)28)23-21(29-15)13-20(30-24(23)33)17-4-3-11-31(14-17)22(32)10-7-16-5-8-18(34-2)9-6-16/h5-6,8-9,12-13,17H,3-4,7,10-11,14H2,1-2H3,(H,30,33)/t17-/m1/s1. The highest BCUT2D eigenvalue weighted by atomic mass is 19.4. The summed E-state index contributed by atoms with van der Waals surface area (Å²) in [5.74, 6) is 0.592. The van der Waals surface area contributed by atoms with E-state index < -0.39 is 22.7 Å². The minimum atomic E-state index is -4.65. The van der Waals surface area contributed by atoms with E-state index in [-0.39, 0.29) is 23.0 Å². The van der Waals surface area contributed by atoms with Crippen molar-refractivity contribution in [1.82, 2.24) is 14.9 Å². The van der Waals surface area contributed by atoms with E-state index >= 15 is 0 Å². The number of amides is 1. The van der Waals surface area contributed by atoms with Gasteiger partial charge in [0.1, 0.15) is 5.75 Å². The maximum absolute atomic E-state index is 13.5. The number of fused-ring (bicyclic) bond motifs is 1. The summed E-state index contributed by atoms with van der Waals surface area (Å²) < 4.78 is 45.6. The second-order valence-corrected chi connectivity index (χ2v) is 8.65. The molecule has 1 fully saturated rings. The zero-order chi connectivity index (χ0) is 24.5. The van der Waals surface area contributed by atoms with Crippen LogP contribution in [0.1, 0.15) is 47.7 Å². The van der Waals surface area contributed by atoms with E-state index in [9.17, 15) is 22.8 Å². The van der Waals surface area contributed by atoms with E-state index in [4.69, 9.17) is 4.74 Å². The summed E-state index contributed by atoms with van der Waals surface area (Å²) in [6.07, 6.45) is -2.24. The summed E-state index contributed by atoms with van der Waals surface area (Å²) in [6, 6.07) is 9.97. The fourth-order valence-electron chi connectivity index (χ4n) is 4.52. The molecule has 0 unspecified atom stereocenters. The van der Waals surface area contributed by atoms with Crippen molar-refractivity contribution in [2.45, 2.75) is 44.7 Å². The number of carbonyl (C=O) groups excluding carboxylic acids is 1. The third-order valence-electron chi connectivity index (χ3n) is 6.26. The first kappa shape index (κ1) is 23.8. The quantitative estimate of drug-likeness (QED) is 0.588. The minimum absolute atomic E-state index is 0.0111. The van der Waals surface area contributed by atoms with E-state index in [1.165, 1.54) is 13.0 Å². The van der Waals surface area contributed by atoms with Crippen LogP contribution in [-0.4, -0.2) is 41.0 Å². The number of aromatic amines is 1. The summed E-state index contributed by atoms with van der Waals surface area (Å²) >= 11 is 0. The molecule has 1 atom stereocenters. The number of rotatable bonds is 5. The molecule has 1 aliphatic rings. The van der Waals surface area contributed by atoms with E-state index in [0.717, 1.165) is 30.2 Å². The lowest BCUT2D eigenvalue weighted by atomic mass is 9.93. The van der Waals surface area contributed by atoms with Gasteiger partial charge in [-0.25, -0.2) is 0 Å². The second-order valence-electron chi connectivity index (χ2n) is 8.65. The maximum Gasteiger partial charge on any atom is 0.417 e. The number of benzene rings is 1. The van der Waals surface area contributed by atoms with Gasteiger partial charge in [-0.3, -0.25) is 14.6 Å². The average molecular weight is 473 g/mol. The zero-order valence-corrected chi connectivity index (χ0v) is 19.0. The largest absolute Gasteiger partial charge is 0.497 e. The fraction of sp³-hybridized carbons (Fsp3) is 0.400. The second kappa shape index (κ2) is 9.48. The Kier molecular flexibility index (Phi) is 6.63. The number of H-pyrrole nitrogens is 1. The van der Waals surface area contributed by atoms with Crippen molar-refractivity contribution in [3.63, 3.8) is 0 Å². The van der Waals surface area contributed by atoms with E-state index in [1.54, 1.807) is 12.0 Å². The molecule has 180 valence electrons. The van der Waals surface area contributed by atoms with Crippen LogP contribution in [0.15, 0.2) is 41.2 Å². The van der Waals surface area contributed by atoms with E-state index in [1.807, 2.05) is 24.3 Å². The van der Waals surface area contributed by atoms with Crippen LogP contribution in [0.2, 0.25) is 0 Å². The molecule has 9 heteroatoms. The first-order chi connectivity index (χ1) is 16.2. The number of pyridine rings is 2. The number of alkyl halides is 3. The lowest BCUT2D eigenvalue weighted by molar-refractivity contribution is -0.136. The third kappa shape index (κ3) is 5.08. The first-order valence-corrected chi connectivity index (χ1v) is 11.2. The Labute approximate surface area is 194 Å². The summed E-state index contributed by atoms with van der Waals surface area (Å²) in [6.45, 7) is 2.49. The van der Waals surface area contributed by atoms with Gasteiger partial charge in [0.25, 0.3) is 5.56 Å². The molecular formula is C25H26F3N3O3. The normalized spacial score (nSPS) is 16.6. The number of nitrogens with zero attached hydrogens (tertiary/aromatic N) is 2. The highest BCUT2D eigenvalue weighted by molar-refractivity contribution is 5.82. The number of piperidine rings is 1. The zero-order valence-electron chi connectivity index (χ0n) is 19.0. The molecule has 6 nitrogen and oxygen atoms in total. The third-order valence-corrected chi connectivity index (χ3v) is 6.26. The number of hydrogen-bond donors (Lipinski definition) is 1. The van der Waals surface area contributed by atoms with Crippen molar-refractivity contribution < 1.29 is 22.7 Å². The van der Waals surface area contributed by atoms with Crippen LogP contribution >= 0.6 is 0 Å². The molecule has 2 aromatic heterocycles. The molecule has 1 aromatic carbocycles. The predicted octanol–water partition coefficient (Wildman–Crippen LogP) is 4.60. The molecule has 1 N–H and O–H groups in total. The van der Waals surface area contributed by atoms with Gasteiger partial charge >= 0.3 is 6.18 Å². The smallest absolute Gasteiger partial charge is 0.417 e. The van der Waals surface area contributed by atoms with Crippen molar-refractivity contribution in [2.24, 2.45) is 0 Å². The SMILES string of the molecule is COc1ccc(CCC(=O)N2CCC[C@@H](c3cc4nc(C)cc(C(F)(F)F)c4c(=O)[nH]3)C2)cc1. The Morgan fingerprint density at radius 3 is 2.65 bits per heavy atom. The van der Waals surface area contributed by atoms with Crippen molar-refractivity contribution in [1.29, 1.82) is 0 Å². The van der Waals surface area contributed by atoms with Gasteiger partial charge in [0.2, 0.25) is 5.91 Å². The summed E-state index contributed by atoms with van der Waals surface area (Å²) in [4.78, 5) is 34.1. The van der Waals surface area contributed by atoms with Crippen molar-refractivity contribution >= 4 is 16.8 Å². The lowest BCUT2D eigenvalue weighted by Crippen LogP contribution is -2.39. The molecule has 3 heterocycles. The predicted molar refractivity (Wildman–Crippen MR) is 122 cm³/mol. The van der Waals surface area contributed by atoms with Gasteiger partial charge in [-0.15, -0.1) is 0 Å². The van der Waals surface area contributed by atoms with E-state index in [2.05, 4.69) is 9.97 Å². The average Bonchev–Trinajstić information content (AvgIpc) is 2.81. The Morgan fingerprint density at radius 2 is 1.97 bits per heavy atom. The van der Waals surface area contributed by atoms with E-state index in [0.29, 0.717) is 31.6 Å². The molecule has 0 saturated carbocycles. The Bertz CT molecular complexity index is 1250. The maximum atomic E-state index is 13.5. The number of nitrogens with one attached hydrogen (secondary N) is 1. The van der Waals surface area contributed by atoms with Crippen LogP contribution in [0.4, 0.5) is 13.2 Å². The minimum Gasteiger partial charge on any atom is -0.497 e. The number of carbonyl (C=O) groups is 1. The van der Waals surface area contributed by atoms with Crippen molar-refractivity contribution in [2.75, 3.05) is 20.2 Å². The Morgan fingerprint density at radius 1 is 1.24 bits per heavy atom. The molecule has 0 radical (unpaired) electrons. The molecular weight excluding hydrogens is 447 g/mol. The summed E-state index contributed by atoms with van der Waals surface area (Å²) in [5.41, 5.74) is -0.0405. The highest BCUT2D eigenvalue weighted by Gasteiger charge is 2.35. The number of ether oxygens (including phenoxy) is 1. The first-order valence-electron chi connectivity index (χ1n) is 11.2. The van der Waals surface area contributed by atoms with Gasteiger partial charge in [-0.2, -0.15) is 13.2 Å². The fourth-order valence-corrected chi connectivity index (χ4v) is 4.52. The number of aryl methyl sites for hydroxylation is 2. The van der Waals surface area contributed by atoms with Crippen LogP contribution in [0.3, 0.4) is 0 Å². The van der Waals surface area contributed by atoms with Gasteiger partial charge < -0.3 is 14.6 Å². The highest BCUT2D eigenvalue weighted by Crippen LogP contribution is 2.34. The number of aromatic nitrogens is 2. The van der Waals surface area contributed by atoms with Crippen molar-refractivity contribution in [3.8, 4) is 5.75 Å². The molecule has 0 spiro atoms. The molecule has 0 aliphatic carbocycles. The molecule has 4 rings (SSSR count). The number of methoxy groups -OCH3 is 1. The van der Waals surface area contributed by atoms with Crippen LogP contribution in [0.25, 0.3) is 10.9 Å². The van der Waals surface area contributed by atoms with Crippen LogP contribution < -0.4 is 10.3 Å². The van der Waals surface area contributed by atoms with Gasteiger partial charge in [0.05, 0.1) is 23.6 Å². The van der Waals surface area contributed by atoms with Crippen LogP contribution in [0, 0.1) is 6.92 Å². The molecule has 3 aromatic rings. The lowest BCUT2D eigenvalue weighted by Gasteiger charge is -2.33. The number of halogens is 3. The van der Waals surface area contributed by atoms with Crippen LogP contribution in [-0.2, 0) is 17.4 Å². The van der Waals surface area contributed by atoms with Crippen molar-refractivity contribution in [3.05, 3.63) is 69.3 Å². The van der Waals surface area contributed by atoms with Gasteiger partial charge in [-0.05, 0) is 56.0 Å². The van der Waals surface area contributed by atoms with Gasteiger partial charge in [0.15, 0.2) is 0 Å². The monoisotopic (exact) mass is 473 g/mol. The molecule has 34 heavy (non-hydrogen) atoms. The van der Waals surface area contributed by atoms with Gasteiger partial charge in [-0.1, -0.05) is 12.1 Å². The Balaban J connectivity index is 1.51. The summed E-state index contributed by atoms with van der Waals surface area (Å²) in [5, 5.41) is -0.454. The van der Waals surface area contributed by atoms with Crippen LogP contribution in [0.5, 0.6) is 5.75 Å². The molecule has 1 saturated heterocycles. The number of likely N-dealkylation sites (tertiary alicyclic amines) is 1. The van der Waals surface area contributed by atoms with Gasteiger partial charge in [0, 0.05) is 36.8 Å². The Hall–Kier alpha value is -3.36. The molecule has 0 bridgehead atoms. The topological polar surface area (TPSA) is 75.3 Å².